The molecule has 2 aromatic carbocycles. The largest absolute Gasteiger partial charge is 0.485 e. The fraction of sp³-hybridized carbons (Fsp3) is 0.217. The lowest BCUT2D eigenvalue weighted by molar-refractivity contribution is 0.0245. The second-order valence-electron chi connectivity index (χ2n) is 7.35. The summed E-state index contributed by atoms with van der Waals surface area (Å²) in [5.41, 5.74) is 1.78. The highest BCUT2D eigenvalue weighted by Gasteiger charge is 2.22. The normalized spacial score (nSPS) is 14.6. The van der Waals surface area contributed by atoms with Gasteiger partial charge in [0, 0.05) is 29.5 Å². The van der Waals surface area contributed by atoms with Crippen molar-refractivity contribution in [1.82, 2.24) is 15.2 Å². The maximum Gasteiger partial charge on any atom is 0.264 e. The number of H-pyrrole nitrogens is 1. The SMILES string of the molecule is Fc1ccc(Oc2nc3n[nH]c(-c4ccccc4Cl)c3cc2OC2CCOCC2)c(F)c1. The molecule has 1 fully saturated rings. The number of ether oxygens (including phenoxy) is 3. The molecule has 4 aromatic rings. The predicted molar refractivity (Wildman–Crippen MR) is 115 cm³/mol. The van der Waals surface area contributed by atoms with Gasteiger partial charge in [0.1, 0.15) is 11.9 Å². The number of hydrogen-bond acceptors (Lipinski definition) is 5. The van der Waals surface area contributed by atoms with Gasteiger partial charge in [-0.2, -0.15) is 10.1 Å². The summed E-state index contributed by atoms with van der Waals surface area (Å²) in [6.45, 7) is 1.17. The van der Waals surface area contributed by atoms with Crippen molar-refractivity contribution in [1.29, 1.82) is 0 Å². The number of aromatic amines is 1. The van der Waals surface area contributed by atoms with Crippen LogP contribution in [-0.2, 0) is 4.74 Å². The number of nitrogens with one attached hydrogen (secondary N) is 1. The van der Waals surface area contributed by atoms with Crippen molar-refractivity contribution in [3.63, 3.8) is 0 Å². The zero-order valence-electron chi connectivity index (χ0n) is 16.8. The van der Waals surface area contributed by atoms with E-state index in [4.69, 9.17) is 25.8 Å². The number of aromatic nitrogens is 3. The molecule has 0 bridgehead atoms. The summed E-state index contributed by atoms with van der Waals surface area (Å²) in [5, 5.41) is 8.45. The van der Waals surface area contributed by atoms with Crippen molar-refractivity contribution in [3.05, 3.63) is 65.2 Å². The molecule has 32 heavy (non-hydrogen) atoms. The first-order chi connectivity index (χ1) is 15.6. The molecule has 2 aromatic heterocycles. The molecule has 0 unspecified atom stereocenters. The molecule has 0 atom stereocenters. The van der Waals surface area contributed by atoms with Crippen LogP contribution in [0.2, 0.25) is 5.02 Å². The molecule has 5 rings (SSSR count). The number of hydrogen-bond donors (Lipinski definition) is 1. The summed E-state index contributed by atoms with van der Waals surface area (Å²) in [5.74, 6) is -1.36. The Morgan fingerprint density at radius 2 is 1.84 bits per heavy atom. The van der Waals surface area contributed by atoms with Crippen molar-refractivity contribution >= 4 is 22.6 Å². The summed E-state index contributed by atoms with van der Waals surface area (Å²) in [6.07, 6.45) is 1.29. The zero-order valence-corrected chi connectivity index (χ0v) is 17.5. The molecule has 3 heterocycles. The molecule has 0 aliphatic carbocycles. The van der Waals surface area contributed by atoms with Gasteiger partial charge in [0.15, 0.2) is 23.0 Å². The van der Waals surface area contributed by atoms with Crippen molar-refractivity contribution in [3.8, 4) is 28.6 Å². The maximum absolute atomic E-state index is 14.2. The smallest absolute Gasteiger partial charge is 0.264 e. The Hall–Kier alpha value is -3.23. The Balaban J connectivity index is 1.59. The molecule has 1 N–H and O–H groups in total. The topological polar surface area (TPSA) is 69.3 Å². The monoisotopic (exact) mass is 457 g/mol. The zero-order chi connectivity index (χ0) is 22.1. The van der Waals surface area contributed by atoms with E-state index in [9.17, 15) is 8.78 Å². The molecule has 1 aliphatic heterocycles. The molecule has 6 nitrogen and oxygen atoms in total. The lowest BCUT2D eigenvalue weighted by atomic mass is 10.1. The third-order valence-electron chi connectivity index (χ3n) is 5.18. The summed E-state index contributed by atoms with van der Waals surface area (Å²) < 4.78 is 44.8. The van der Waals surface area contributed by atoms with E-state index in [1.807, 2.05) is 18.2 Å². The van der Waals surface area contributed by atoms with E-state index < -0.39 is 11.6 Å². The van der Waals surface area contributed by atoms with E-state index in [1.54, 1.807) is 12.1 Å². The van der Waals surface area contributed by atoms with Gasteiger partial charge >= 0.3 is 0 Å². The highest BCUT2D eigenvalue weighted by atomic mass is 35.5. The van der Waals surface area contributed by atoms with Gasteiger partial charge in [-0.05, 0) is 24.3 Å². The van der Waals surface area contributed by atoms with Gasteiger partial charge in [0.25, 0.3) is 5.88 Å². The van der Waals surface area contributed by atoms with Crippen molar-refractivity contribution in [2.75, 3.05) is 13.2 Å². The van der Waals surface area contributed by atoms with E-state index in [1.165, 1.54) is 6.07 Å². The lowest BCUT2D eigenvalue weighted by Gasteiger charge is -2.24. The molecule has 1 aliphatic rings. The summed E-state index contributed by atoms with van der Waals surface area (Å²) >= 11 is 6.37. The maximum atomic E-state index is 14.2. The van der Waals surface area contributed by atoms with Gasteiger partial charge in [0.2, 0.25) is 0 Å². The average molecular weight is 458 g/mol. The number of nitrogens with zero attached hydrogens (tertiary/aromatic N) is 2. The number of benzene rings is 2. The van der Waals surface area contributed by atoms with Crippen LogP contribution < -0.4 is 9.47 Å². The van der Waals surface area contributed by atoms with E-state index in [0.717, 1.165) is 17.7 Å². The van der Waals surface area contributed by atoms with Gasteiger partial charge in [-0.25, -0.2) is 8.78 Å². The minimum absolute atomic E-state index is 0.0340. The Bertz CT molecular complexity index is 1270. The van der Waals surface area contributed by atoms with Crippen LogP contribution in [0.1, 0.15) is 12.8 Å². The standard InChI is InChI=1S/C23H18ClF2N3O3/c24-17-4-2-1-3-15(17)21-16-12-20(31-14-7-9-30-10-8-14)23(27-22(16)29-28-21)32-19-6-5-13(25)11-18(19)26/h1-6,11-12,14H,7-10H2,(H,27,28,29). The fourth-order valence-corrected chi connectivity index (χ4v) is 3.80. The molecule has 9 heteroatoms. The van der Waals surface area contributed by atoms with Crippen LogP contribution in [-0.4, -0.2) is 34.5 Å². The first-order valence-electron chi connectivity index (χ1n) is 10.1. The second kappa shape index (κ2) is 8.72. The Labute approximate surface area is 187 Å². The third kappa shape index (κ3) is 4.11. The second-order valence-corrected chi connectivity index (χ2v) is 7.75. The van der Waals surface area contributed by atoms with Crippen LogP contribution in [0.4, 0.5) is 8.78 Å². The van der Waals surface area contributed by atoms with Crippen LogP contribution in [0.25, 0.3) is 22.3 Å². The quantitative estimate of drug-likeness (QED) is 0.403. The highest BCUT2D eigenvalue weighted by Crippen LogP contribution is 2.39. The van der Waals surface area contributed by atoms with Gasteiger partial charge in [-0.3, -0.25) is 5.10 Å². The van der Waals surface area contributed by atoms with Crippen molar-refractivity contribution < 1.29 is 23.0 Å². The van der Waals surface area contributed by atoms with E-state index in [0.29, 0.717) is 53.6 Å². The van der Waals surface area contributed by atoms with Crippen LogP contribution in [0, 0.1) is 11.6 Å². The van der Waals surface area contributed by atoms with Crippen LogP contribution in [0.3, 0.4) is 0 Å². The van der Waals surface area contributed by atoms with E-state index >= 15 is 0 Å². The minimum atomic E-state index is -0.845. The van der Waals surface area contributed by atoms with Crippen molar-refractivity contribution in [2.45, 2.75) is 18.9 Å². The average Bonchev–Trinajstić information content (AvgIpc) is 3.19. The molecule has 164 valence electrons. The molecule has 0 amide bonds. The van der Waals surface area contributed by atoms with Gasteiger partial charge in [0.05, 0.1) is 24.3 Å². The van der Waals surface area contributed by atoms with Crippen molar-refractivity contribution in [2.24, 2.45) is 0 Å². The van der Waals surface area contributed by atoms with E-state index in [2.05, 4.69) is 15.2 Å². The molecule has 0 radical (unpaired) electrons. The van der Waals surface area contributed by atoms with Crippen LogP contribution >= 0.6 is 11.6 Å². The third-order valence-corrected chi connectivity index (χ3v) is 5.51. The first kappa shape index (κ1) is 20.7. The Morgan fingerprint density at radius 1 is 1.03 bits per heavy atom. The van der Waals surface area contributed by atoms with Crippen LogP contribution in [0.15, 0.2) is 48.5 Å². The summed E-state index contributed by atoms with van der Waals surface area (Å²) in [7, 11) is 0. The molecular formula is C23H18ClF2N3O3. The molecule has 0 saturated carbocycles. The summed E-state index contributed by atoms with van der Waals surface area (Å²) in [6, 6.07) is 12.2. The Morgan fingerprint density at radius 3 is 2.62 bits per heavy atom. The van der Waals surface area contributed by atoms with Gasteiger partial charge < -0.3 is 14.2 Å². The molecule has 0 spiro atoms. The lowest BCUT2D eigenvalue weighted by Crippen LogP contribution is -2.26. The van der Waals surface area contributed by atoms with Gasteiger partial charge in [-0.1, -0.05) is 29.8 Å². The first-order valence-corrected chi connectivity index (χ1v) is 10.5. The number of fused-ring (bicyclic) bond motifs is 1. The Kier molecular flexibility index (Phi) is 5.63. The number of halogens is 3. The summed E-state index contributed by atoms with van der Waals surface area (Å²) in [4.78, 5) is 4.45. The van der Waals surface area contributed by atoms with Gasteiger partial charge in [-0.15, -0.1) is 0 Å². The predicted octanol–water partition coefficient (Wildman–Crippen LogP) is 5.91. The number of rotatable bonds is 5. The molecule has 1 saturated heterocycles. The van der Waals surface area contributed by atoms with Crippen LogP contribution in [0.5, 0.6) is 17.4 Å². The minimum Gasteiger partial charge on any atom is -0.485 e. The highest BCUT2D eigenvalue weighted by molar-refractivity contribution is 6.33. The molecular weight excluding hydrogens is 440 g/mol. The fourth-order valence-electron chi connectivity index (χ4n) is 3.57. The van der Waals surface area contributed by atoms with E-state index in [-0.39, 0.29) is 17.7 Å². The number of pyridine rings is 1.